The standard InChI is InChI=1S/C21H19F2N5/c1-13-11-19(24-10-9-14-12-25-18-8-3-2-5-15(14)18)27-21(26-13)28-20-16(22)6-4-7-17(20)23/h2-8,11-12,25H,9-10H2,1H3,(H2,24,26,27,28). The number of anilines is 3. The van der Waals surface area contributed by atoms with E-state index >= 15 is 0 Å². The molecule has 0 spiro atoms. The Morgan fingerprint density at radius 1 is 1.00 bits per heavy atom. The molecule has 0 radical (unpaired) electrons. The molecule has 7 heteroatoms. The van der Waals surface area contributed by atoms with Crippen LogP contribution in [0.25, 0.3) is 10.9 Å². The number of rotatable bonds is 6. The number of H-pyrrole nitrogens is 1. The largest absolute Gasteiger partial charge is 0.370 e. The van der Waals surface area contributed by atoms with Gasteiger partial charge >= 0.3 is 0 Å². The first kappa shape index (κ1) is 17.9. The second-order valence-electron chi connectivity index (χ2n) is 6.48. The van der Waals surface area contributed by atoms with Gasteiger partial charge in [0.25, 0.3) is 0 Å². The fourth-order valence-electron chi connectivity index (χ4n) is 3.11. The van der Waals surface area contributed by atoms with Crippen LogP contribution in [0.3, 0.4) is 0 Å². The maximum atomic E-state index is 13.8. The third-order valence-electron chi connectivity index (χ3n) is 4.43. The average Bonchev–Trinajstić information content (AvgIpc) is 3.08. The Kier molecular flexibility index (Phi) is 4.89. The van der Waals surface area contributed by atoms with Crippen LogP contribution in [0.5, 0.6) is 0 Å². The van der Waals surface area contributed by atoms with Gasteiger partial charge in [-0.15, -0.1) is 0 Å². The van der Waals surface area contributed by atoms with Crippen LogP contribution in [-0.2, 0) is 6.42 Å². The minimum Gasteiger partial charge on any atom is -0.370 e. The number of halogens is 2. The predicted molar refractivity (Wildman–Crippen MR) is 107 cm³/mol. The van der Waals surface area contributed by atoms with Gasteiger partial charge in [0.2, 0.25) is 5.95 Å². The predicted octanol–water partition coefficient (Wildman–Crippen LogP) is 4.94. The summed E-state index contributed by atoms with van der Waals surface area (Å²) in [6.07, 6.45) is 2.81. The number of aryl methyl sites for hydroxylation is 1. The third-order valence-corrected chi connectivity index (χ3v) is 4.43. The number of nitrogens with one attached hydrogen (secondary N) is 3. The van der Waals surface area contributed by atoms with Crippen LogP contribution in [-0.4, -0.2) is 21.5 Å². The molecule has 4 rings (SSSR count). The number of hydrogen-bond acceptors (Lipinski definition) is 4. The summed E-state index contributed by atoms with van der Waals surface area (Å²) >= 11 is 0. The molecule has 0 saturated carbocycles. The van der Waals surface area contributed by atoms with Gasteiger partial charge in [-0.05, 0) is 37.1 Å². The van der Waals surface area contributed by atoms with Gasteiger partial charge in [-0.25, -0.2) is 13.8 Å². The second-order valence-corrected chi connectivity index (χ2v) is 6.48. The minimum atomic E-state index is -0.695. The fraction of sp³-hybridized carbons (Fsp3) is 0.143. The van der Waals surface area contributed by atoms with Crippen molar-refractivity contribution in [3.8, 4) is 0 Å². The van der Waals surface area contributed by atoms with E-state index in [1.54, 1.807) is 13.0 Å². The first-order valence-electron chi connectivity index (χ1n) is 8.96. The fourth-order valence-corrected chi connectivity index (χ4v) is 3.11. The van der Waals surface area contributed by atoms with Gasteiger partial charge in [0.05, 0.1) is 0 Å². The smallest absolute Gasteiger partial charge is 0.229 e. The van der Waals surface area contributed by atoms with Crippen LogP contribution in [0.1, 0.15) is 11.3 Å². The lowest BCUT2D eigenvalue weighted by Gasteiger charge is -2.11. The molecule has 28 heavy (non-hydrogen) atoms. The number of nitrogens with zero attached hydrogens (tertiary/aromatic N) is 2. The molecule has 2 aromatic heterocycles. The Labute approximate surface area is 160 Å². The monoisotopic (exact) mass is 379 g/mol. The van der Waals surface area contributed by atoms with Crippen molar-refractivity contribution in [2.75, 3.05) is 17.2 Å². The van der Waals surface area contributed by atoms with Gasteiger partial charge in [-0.3, -0.25) is 0 Å². The molecule has 5 nitrogen and oxygen atoms in total. The van der Waals surface area contributed by atoms with E-state index in [1.165, 1.54) is 29.1 Å². The first-order valence-corrected chi connectivity index (χ1v) is 8.96. The highest BCUT2D eigenvalue weighted by Gasteiger charge is 2.11. The molecule has 0 atom stereocenters. The Bertz CT molecular complexity index is 1100. The molecule has 0 aliphatic heterocycles. The molecule has 0 aliphatic rings. The number of para-hydroxylation sites is 2. The summed E-state index contributed by atoms with van der Waals surface area (Å²) in [7, 11) is 0. The van der Waals surface area contributed by atoms with Gasteiger partial charge < -0.3 is 15.6 Å². The Morgan fingerprint density at radius 2 is 1.79 bits per heavy atom. The van der Waals surface area contributed by atoms with Gasteiger partial charge in [-0.1, -0.05) is 24.3 Å². The summed E-state index contributed by atoms with van der Waals surface area (Å²) in [5.74, 6) is -0.664. The Morgan fingerprint density at radius 3 is 2.61 bits per heavy atom. The topological polar surface area (TPSA) is 65.6 Å². The Balaban J connectivity index is 1.46. The van der Waals surface area contributed by atoms with Crippen molar-refractivity contribution in [3.05, 3.63) is 77.6 Å². The lowest BCUT2D eigenvalue weighted by Crippen LogP contribution is -2.09. The highest BCUT2D eigenvalue weighted by molar-refractivity contribution is 5.83. The molecule has 0 unspecified atom stereocenters. The van der Waals surface area contributed by atoms with Crippen LogP contribution < -0.4 is 10.6 Å². The number of benzene rings is 2. The van der Waals surface area contributed by atoms with E-state index in [0.717, 1.165) is 11.9 Å². The molecule has 0 amide bonds. The maximum absolute atomic E-state index is 13.8. The summed E-state index contributed by atoms with van der Waals surface area (Å²) in [6.45, 7) is 2.46. The van der Waals surface area contributed by atoms with Gasteiger partial charge in [0.1, 0.15) is 23.1 Å². The molecule has 0 fully saturated rings. The molecule has 0 bridgehead atoms. The summed E-state index contributed by atoms with van der Waals surface area (Å²) in [5.41, 5.74) is 2.73. The van der Waals surface area contributed by atoms with E-state index in [0.29, 0.717) is 18.1 Å². The van der Waals surface area contributed by atoms with E-state index in [-0.39, 0.29) is 11.6 Å². The van der Waals surface area contributed by atoms with Crippen LogP contribution >= 0.6 is 0 Å². The molecule has 4 aromatic rings. The third kappa shape index (κ3) is 3.78. The Hall–Kier alpha value is -3.48. The zero-order valence-electron chi connectivity index (χ0n) is 15.3. The zero-order chi connectivity index (χ0) is 19.5. The van der Waals surface area contributed by atoms with E-state index in [4.69, 9.17) is 0 Å². The summed E-state index contributed by atoms with van der Waals surface area (Å²) < 4.78 is 27.7. The quantitative estimate of drug-likeness (QED) is 0.444. The van der Waals surface area contributed by atoms with Gasteiger partial charge in [-0.2, -0.15) is 4.98 Å². The van der Waals surface area contributed by atoms with Gasteiger partial charge in [0, 0.05) is 35.4 Å². The number of aromatic nitrogens is 3. The van der Waals surface area contributed by atoms with Crippen molar-refractivity contribution >= 4 is 28.4 Å². The lowest BCUT2D eigenvalue weighted by atomic mass is 10.1. The van der Waals surface area contributed by atoms with Crippen molar-refractivity contribution < 1.29 is 8.78 Å². The second kappa shape index (κ2) is 7.64. The lowest BCUT2D eigenvalue weighted by molar-refractivity contribution is 0.590. The highest BCUT2D eigenvalue weighted by atomic mass is 19.1. The molecule has 3 N–H and O–H groups in total. The molecule has 2 heterocycles. The maximum Gasteiger partial charge on any atom is 0.229 e. The van der Waals surface area contributed by atoms with E-state index in [1.807, 2.05) is 24.4 Å². The SMILES string of the molecule is Cc1cc(NCCc2c[nH]c3ccccc23)nc(Nc2c(F)cccc2F)n1. The van der Waals surface area contributed by atoms with E-state index in [9.17, 15) is 8.78 Å². The molecular weight excluding hydrogens is 360 g/mol. The van der Waals surface area contributed by atoms with Crippen molar-refractivity contribution in [2.24, 2.45) is 0 Å². The summed E-state index contributed by atoms with van der Waals surface area (Å²) in [4.78, 5) is 11.8. The minimum absolute atomic E-state index is 0.138. The van der Waals surface area contributed by atoms with Crippen molar-refractivity contribution in [3.63, 3.8) is 0 Å². The molecular formula is C21H19F2N5. The van der Waals surface area contributed by atoms with Crippen molar-refractivity contribution in [1.29, 1.82) is 0 Å². The van der Waals surface area contributed by atoms with E-state index < -0.39 is 11.6 Å². The molecule has 0 aliphatic carbocycles. The van der Waals surface area contributed by atoms with Gasteiger partial charge in [0.15, 0.2) is 0 Å². The van der Waals surface area contributed by atoms with Crippen LogP contribution in [0.2, 0.25) is 0 Å². The van der Waals surface area contributed by atoms with Crippen LogP contribution in [0.4, 0.5) is 26.2 Å². The molecule has 0 saturated heterocycles. The van der Waals surface area contributed by atoms with Crippen molar-refractivity contribution in [1.82, 2.24) is 15.0 Å². The number of hydrogen-bond donors (Lipinski definition) is 3. The number of fused-ring (bicyclic) bond motifs is 1. The summed E-state index contributed by atoms with van der Waals surface area (Å²) in [5, 5.41) is 7.08. The normalized spacial score (nSPS) is 11.0. The van der Waals surface area contributed by atoms with E-state index in [2.05, 4.69) is 31.7 Å². The zero-order valence-corrected chi connectivity index (χ0v) is 15.3. The van der Waals surface area contributed by atoms with Crippen LogP contribution in [0.15, 0.2) is 54.7 Å². The first-order chi connectivity index (χ1) is 13.6. The highest BCUT2D eigenvalue weighted by Crippen LogP contribution is 2.22. The molecule has 142 valence electrons. The summed E-state index contributed by atoms with van der Waals surface area (Å²) in [6, 6.07) is 13.6. The van der Waals surface area contributed by atoms with Crippen LogP contribution in [0, 0.1) is 18.6 Å². The van der Waals surface area contributed by atoms with Crippen molar-refractivity contribution in [2.45, 2.75) is 13.3 Å². The number of aromatic amines is 1. The molecule has 2 aromatic carbocycles. The average molecular weight is 379 g/mol.